The molecular weight excluding hydrogens is 426 g/mol. The Bertz CT molecular complexity index is 1450. The van der Waals surface area contributed by atoms with Crippen LogP contribution in [0.4, 0.5) is 5.82 Å². The summed E-state index contributed by atoms with van der Waals surface area (Å²) in [4.78, 5) is 36.4. The van der Waals surface area contributed by atoms with Crippen LogP contribution in [0, 0.1) is 25.2 Å². The van der Waals surface area contributed by atoms with Gasteiger partial charge in [0.15, 0.2) is 11.6 Å². The second-order valence-corrected chi connectivity index (χ2v) is 8.03. The molecule has 2 N–H and O–H groups in total. The van der Waals surface area contributed by atoms with Gasteiger partial charge in [-0.25, -0.2) is 9.97 Å². The average molecular weight is 446 g/mol. The maximum Gasteiger partial charge on any atom is 0.275 e. The number of hydrogen-bond acceptors (Lipinski definition) is 7. The van der Waals surface area contributed by atoms with E-state index in [-0.39, 0.29) is 17.1 Å². The van der Waals surface area contributed by atoms with Crippen molar-refractivity contribution in [1.82, 2.24) is 24.7 Å². The van der Waals surface area contributed by atoms with Crippen molar-refractivity contribution < 1.29 is 4.79 Å². The number of amides is 1. The number of anilines is 1. The monoisotopic (exact) mass is 445 g/mol. The van der Waals surface area contributed by atoms with Crippen LogP contribution in [0.15, 0.2) is 41.3 Å². The normalized spacial score (nSPS) is 10.8. The van der Waals surface area contributed by atoms with Gasteiger partial charge in [0.05, 0.1) is 17.5 Å². The molecule has 0 aliphatic heterocycles. The van der Waals surface area contributed by atoms with E-state index in [0.29, 0.717) is 17.4 Å². The second kappa shape index (κ2) is 8.64. The summed E-state index contributed by atoms with van der Waals surface area (Å²) in [6.07, 6.45) is 3.23. The number of nitrogens with zero attached hydrogens (tertiary/aromatic N) is 5. The number of aromatic nitrogens is 5. The molecule has 160 valence electrons. The van der Waals surface area contributed by atoms with Gasteiger partial charge < -0.3 is 10.3 Å². The molecule has 3 heterocycles. The van der Waals surface area contributed by atoms with Crippen LogP contribution in [0.2, 0.25) is 0 Å². The van der Waals surface area contributed by atoms with Crippen LogP contribution in [0.5, 0.6) is 0 Å². The SMILES string of the molecule is CSCc1nc(C(=O)Nc2c(C#N)cnn2-c2cc(C)c3cccc(C)c3n2)cc(=O)[nH]1. The third-order valence-electron chi connectivity index (χ3n) is 4.88. The fraction of sp³-hybridized carbons (Fsp3) is 0.182. The van der Waals surface area contributed by atoms with E-state index in [2.05, 4.69) is 20.4 Å². The summed E-state index contributed by atoms with van der Waals surface area (Å²) in [5.74, 6) is 0.850. The van der Waals surface area contributed by atoms with E-state index in [1.165, 1.54) is 22.6 Å². The first kappa shape index (κ1) is 21.3. The van der Waals surface area contributed by atoms with Gasteiger partial charge in [-0.2, -0.15) is 26.8 Å². The third kappa shape index (κ3) is 3.98. The molecule has 0 spiro atoms. The maximum absolute atomic E-state index is 12.9. The summed E-state index contributed by atoms with van der Waals surface area (Å²) in [6.45, 7) is 3.93. The van der Waals surface area contributed by atoms with Crippen LogP contribution in [0.3, 0.4) is 0 Å². The molecule has 1 amide bonds. The summed E-state index contributed by atoms with van der Waals surface area (Å²) in [5.41, 5.74) is 2.49. The smallest absolute Gasteiger partial charge is 0.275 e. The molecule has 1 aromatic carbocycles. The van der Waals surface area contributed by atoms with Gasteiger partial charge in [-0.15, -0.1) is 0 Å². The highest BCUT2D eigenvalue weighted by Gasteiger charge is 2.19. The van der Waals surface area contributed by atoms with E-state index in [1.54, 1.807) is 0 Å². The van der Waals surface area contributed by atoms with Crippen molar-refractivity contribution in [2.75, 3.05) is 11.6 Å². The Morgan fingerprint density at radius 1 is 1.25 bits per heavy atom. The fourth-order valence-corrected chi connectivity index (χ4v) is 3.79. The summed E-state index contributed by atoms with van der Waals surface area (Å²) < 4.78 is 1.41. The Morgan fingerprint density at radius 2 is 2.06 bits per heavy atom. The lowest BCUT2D eigenvalue weighted by Gasteiger charge is -2.12. The predicted molar refractivity (Wildman–Crippen MR) is 123 cm³/mol. The molecule has 0 saturated carbocycles. The minimum Gasteiger partial charge on any atom is -0.310 e. The number of benzene rings is 1. The van der Waals surface area contributed by atoms with Crippen LogP contribution in [0.25, 0.3) is 16.7 Å². The molecule has 0 fully saturated rings. The van der Waals surface area contributed by atoms with Crippen LogP contribution in [0.1, 0.15) is 33.0 Å². The first-order chi connectivity index (χ1) is 15.4. The van der Waals surface area contributed by atoms with Crippen molar-refractivity contribution >= 4 is 34.4 Å². The zero-order valence-electron chi connectivity index (χ0n) is 17.6. The molecule has 9 nitrogen and oxygen atoms in total. The summed E-state index contributed by atoms with van der Waals surface area (Å²) >= 11 is 1.47. The average Bonchev–Trinajstić information content (AvgIpc) is 3.16. The highest BCUT2D eigenvalue weighted by molar-refractivity contribution is 7.97. The lowest BCUT2D eigenvalue weighted by Crippen LogP contribution is -2.22. The van der Waals surface area contributed by atoms with Gasteiger partial charge in [0, 0.05) is 11.5 Å². The van der Waals surface area contributed by atoms with Crippen LogP contribution in [-0.4, -0.2) is 36.9 Å². The van der Waals surface area contributed by atoms with Crippen molar-refractivity contribution in [3.8, 4) is 11.9 Å². The van der Waals surface area contributed by atoms with E-state index in [9.17, 15) is 14.9 Å². The zero-order chi connectivity index (χ0) is 22.8. The van der Waals surface area contributed by atoms with Gasteiger partial charge in [0.2, 0.25) is 0 Å². The molecule has 0 radical (unpaired) electrons. The molecule has 3 aromatic heterocycles. The maximum atomic E-state index is 12.9. The Hall–Kier alpha value is -3.97. The summed E-state index contributed by atoms with van der Waals surface area (Å²) in [6, 6.07) is 10.9. The molecule has 32 heavy (non-hydrogen) atoms. The van der Waals surface area contributed by atoms with Crippen molar-refractivity contribution in [2.24, 2.45) is 0 Å². The second-order valence-electron chi connectivity index (χ2n) is 7.16. The zero-order valence-corrected chi connectivity index (χ0v) is 18.4. The largest absolute Gasteiger partial charge is 0.310 e. The molecule has 4 aromatic rings. The van der Waals surface area contributed by atoms with E-state index < -0.39 is 11.5 Å². The van der Waals surface area contributed by atoms with E-state index in [0.717, 1.165) is 28.1 Å². The number of para-hydroxylation sites is 1. The number of aromatic amines is 1. The number of thioether (sulfide) groups is 1. The minimum atomic E-state index is -0.620. The van der Waals surface area contributed by atoms with Gasteiger partial charge in [0.25, 0.3) is 11.5 Å². The molecule has 4 rings (SSSR count). The quantitative estimate of drug-likeness (QED) is 0.483. The predicted octanol–water partition coefficient (Wildman–Crippen LogP) is 3.11. The minimum absolute atomic E-state index is 0.0482. The third-order valence-corrected chi connectivity index (χ3v) is 5.44. The molecule has 0 bridgehead atoms. The Labute approximate surface area is 187 Å². The molecular formula is C22H19N7O2S. The molecule has 0 atom stereocenters. The number of fused-ring (bicyclic) bond motifs is 1. The van der Waals surface area contributed by atoms with Gasteiger partial charge in [-0.05, 0) is 37.3 Å². The van der Waals surface area contributed by atoms with Crippen molar-refractivity contribution in [1.29, 1.82) is 5.26 Å². The van der Waals surface area contributed by atoms with E-state index in [1.807, 2.05) is 50.4 Å². The standard InChI is InChI=1S/C22H19N7O2S/c1-12-5-4-6-15-13(2)7-18(27-20(12)15)29-21(14(9-23)10-24-29)28-22(31)16-8-19(30)26-17(25-16)11-32-3/h4-8,10H,11H2,1-3H3,(H,28,31)(H,25,26,30). The number of nitriles is 1. The Kier molecular flexibility index (Phi) is 5.75. The lowest BCUT2D eigenvalue weighted by molar-refractivity contribution is 0.102. The Morgan fingerprint density at radius 3 is 2.81 bits per heavy atom. The molecule has 10 heteroatoms. The Balaban J connectivity index is 1.78. The van der Waals surface area contributed by atoms with Crippen LogP contribution in [-0.2, 0) is 5.75 Å². The highest BCUT2D eigenvalue weighted by atomic mass is 32.2. The number of hydrogen-bond donors (Lipinski definition) is 2. The number of pyridine rings is 1. The highest BCUT2D eigenvalue weighted by Crippen LogP contribution is 2.25. The molecule has 0 saturated heterocycles. The fourth-order valence-electron chi connectivity index (χ4n) is 3.38. The van der Waals surface area contributed by atoms with E-state index in [4.69, 9.17) is 4.98 Å². The molecule has 0 aliphatic carbocycles. The summed E-state index contributed by atoms with van der Waals surface area (Å²) in [7, 11) is 0. The van der Waals surface area contributed by atoms with Gasteiger partial charge in [-0.1, -0.05) is 18.2 Å². The van der Waals surface area contributed by atoms with Crippen LogP contribution < -0.4 is 10.9 Å². The van der Waals surface area contributed by atoms with E-state index >= 15 is 0 Å². The van der Waals surface area contributed by atoms with Gasteiger partial charge >= 0.3 is 0 Å². The number of H-pyrrole nitrogens is 1. The van der Waals surface area contributed by atoms with Crippen LogP contribution >= 0.6 is 11.8 Å². The topological polar surface area (TPSA) is 129 Å². The number of carbonyl (C=O) groups excluding carboxylic acids is 1. The first-order valence-electron chi connectivity index (χ1n) is 9.67. The lowest BCUT2D eigenvalue weighted by atomic mass is 10.1. The molecule has 0 unspecified atom stereocenters. The van der Waals surface area contributed by atoms with Gasteiger partial charge in [-0.3, -0.25) is 9.59 Å². The number of aryl methyl sites for hydroxylation is 2. The van der Waals surface area contributed by atoms with Crippen molar-refractivity contribution in [2.45, 2.75) is 19.6 Å². The number of carbonyl (C=O) groups is 1. The number of rotatable bonds is 5. The first-order valence-corrected chi connectivity index (χ1v) is 11.1. The van der Waals surface area contributed by atoms with Crippen molar-refractivity contribution in [3.63, 3.8) is 0 Å². The van der Waals surface area contributed by atoms with Gasteiger partial charge in [0.1, 0.15) is 23.2 Å². The summed E-state index contributed by atoms with van der Waals surface area (Å²) in [5, 5.41) is 17.5. The number of nitrogens with one attached hydrogen (secondary N) is 2. The molecule has 0 aliphatic rings. The van der Waals surface area contributed by atoms with Crippen molar-refractivity contribution in [3.05, 3.63) is 75.1 Å².